The maximum absolute atomic E-state index is 12.5. The van der Waals surface area contributed by atoms with Crippen LogP contribution >= 0.6 is 0 Å². The lowest BCUT2D eigenvalue weighted by Crippen LogP contribution is -2.24. The maximum atomic E-state index is 12.5. The molecule has 0 fully saturated rings. The van der Waals surface area contributed by atoms with Crippen molar-refractivity contribution >= 4 is 15.9 Å². The van der Waals surface area contributed by atoms with E-state index >= 15 is 0 Å². The number of benzene rings is 2. The molecule has 1 amide bonds. The Balaban J connectivity index is 1.78. The molecule has 7 nitrogen and oxygen atoms in total. The van der Waals surface area contributed by atoms with Crippen molar-refractivity contribution < 1.29 is 22.7 Å². The van der Waals surface area contributed by atoms with Crippen LogP contribution in [0.25, 0.3) is 0 Å². The third kappa shape index (κ3) is 4.28. The van der Waals surface area contributed by atoms with Crippen LogP contribution in [0.15, 0.2) is 41.3 Å². The summed E-state index contributed by atoms with van der Waals surface area (Å²) in [5, 5.41) is 2.82. The molecule has 2 N–H and O–H groups in total. The standard InChI is InChI=1S/C20H24N2O5S/c1-4-26-18-10-15-8-13(2)27-19(15)11-16(18)12-22-20(23)14-6-5-7-17(9-14)28(24,25)21-3/h5-7,9-11,13,21H,4,8,12H2,1-3H3,(H,22,23)/t13-/m0/s1. The van der Waals surface area contributed by atoms with E-state index in [9.17, 15) is 13.2 Å². The Kier molecular flexibility index (Phi) is 5.90. The Labute approximate surface area is 165 Å². The van der Waals surface area contributed by atoms with Crippen molar-refractivity contribution in [2.75, 3.05) is 13.7 Å². The highest BCUT2D eigenvalue weighted by Crippen LogP contribution is 2.35. The fourth-order valence-corrected chi connectivity index (χ4v) is 3.88. The van der Waals surface area contributed by atoms with Crippen molar-refractivity contribution in [1.82, 2.24) is 10.0 Å². The van der Waals surface area contributed by atoms with Gasteiger partial charge in [0.15, 0.2) is 0 Å². The van der Waals surface area contributed by atoms with E-state index < -0.39 is 10.0 Å². The Morgan fingerprint density at radius 1 is 1.29 bits per heavy atom. The Hall–Kier alpha value is -2.58. The molecular formula is C20H24N2O5S. The number of hydrogen-bond acceptors (Lipinski definition) is 5. The number of sulfonamides is 1. The molecular weight excluding hydrogens is 380 g/mol. The van der Waals surface area contributed by atoms with Crippen LogP contribution in [0.1, 0.15) is 35.3 Å². The Morgan fingerprint density at radius 2 is 2.07 bits per heavy atom. The zero-order valence-corrected chi connectivity index (χ0v) is 16.9. The van der Waals surface area contributed by atoms with Crippen molar-refractivity contribution in [2.24, 2.45) is 0 Å². The third-order valence-electron chi connectivity index (χ3n) is 4.49. The van der Waals surface area contributed by atoms with E-state index in [-0.39, 0.29) is 29.0 Å². The maximum Gasteiger partial charge on any atom is 0.251 e. The average molecular weight is 404 g/mol. The predicted octanol–water partition coefficient (Wildman–Crippen LogP) is 2.25. The van der Waals surface area contributed by atoms with Gasteiger partial charge in [0.25, 0.3) is 5.91 Å². The molecule has 2 aromatic rings. The van der Waals surface area contributed by atoms with Crippen LogP contribution in [0.5, 0.6) is 11.5 Å². The molecule has 0 radical (unpaired) electrons. The fourth-order valence-electron chi connectivity index (χ4n) is 3.11. The van der Waals surface area contributed by atoms with Crippen LogP contribution < -0.4 is 19.5 Å². The van der Waals surface area contributed by atoms with Crippen LogP contribution in [0.4, 0.5) is 0 Å². The van der Waals surface area contributed by atoms with Crippen molar-refractivity contribution in [1.29, 1.82) is 0 Å². The summed E-state index contributed by atoms with van der Waals surface area (Å²) >= 11 is 0. The summed E-state index contributed by atoms with van der Waals surface area (Å²) in [5.74, 6) is 1.15. The first-order valence-corrected chi connectivity index (χ1v) is 10.6. The van der Waals surface area contributed by atoms with Gasteiger partial charge in [-0.05, 0) is 51.2 Å². The van der Waals surface area contributed by atoms with Gasteiger partial charge in [-0.15, -0.1) is 0 Å². The summed E-state index contributed by atoms with van der Waals surface area (Å²) in [6.45, 7) is 4.67. The molecule has 150 valence electrons. The first-order chi connectivity index (χ1) is 13.3. The number of amides is 1. The molecule has 0 aromatic heterocycles. The van der Waals surface area contributed by atoms with Crippen LogP contribution in [-0.2, 0) is 23.0 Å². The van der Waals surface area contributed by atoms with Gasteiger partial charge in [0.05, 0.1) is 11.5 Å². The molecule has 3 rings (SSSR count). The fraction of sp³-hybridized carbons (Fsp3) is 0.350. The van der Waals surface area contributed by atoms with Gasteiger partial charge in [0, 0.05) is 29.7 Å². The van der Waals surface area contributed by atoms with Gasteiger partial charge in [0.2, 0.25) is 10.0 Å². The molecule has 1 heterocycles. The first-order valence-electron chi connectivity index (χ1n) is 9.11. The van der Waals surface area contributed by atoms with Gasteiger partial charge in [-0.3, -0.25) is 4.79 Å². The second kappa shape index (κ2) is 8.20. The molecule has 0 bridgehead atoms. The minimum Gasteiger partial charge on any atom is -0.494 e. The lowest BCUT2D eigenvalue weighted by atomic mass is 10.1. The molecule has 1 aliphatic heterocycles. The topological polar surface area (TPSA) is 93.7 Å². The van der Waals surface area contributed by atoms with Crippen LogP contribution in [0, 0.1) is 0 Å². The predicted molar refractivity (Wildman–Crippen MR) is 105 cm³/mol. The summed E-state index contributed by atoms with van der Waals surface area (Å²) in [4.78, 5) is 12.6. The molecule has 1 atom stereocenters. The highest BCUT2D eigenvalue weighted by molar-refractivity contribution is 7.89. The quantitative estimate of drug-likeness (QED) is 0.738. The van der Waals surface area contributed by atoms with E-state index in [0.29, 0.717) is 12.4 Å². The zero-order chi connectivity index (χ0) is 20.3. The smallest absolute Gasteiger partial charge is 0.251 e. The SMILES string of the molecule is CCOc1cc2c(cc1CNC(=O)c1cccc(S(=O)(=O)NC)c1)O[C@@H](C)C2. The summed E-state index contributed by atoms with van der Waals surface area (Å²) in [6, 6.07) is 9.75. The molecule has 0 spiro atoms. The second-order valence-electron chi connectivity index (χ2n) is 6.55. The minimum atomic E-state index is -3.61. The van der Waals surface area contributed by atoms with Gasteiger partial charge in [-0.25, -0.2) is 13.1 Å². The number of ether oxygens (including phenoxy) is 2. The first kappa shape index (κ1) is 20.2. The number of carbonyl (C=O) groups is 1. The van der Waals surface area contributed by atoms with E-state index in [2.05, 4.69) is 10.0 Å². The summed E-state index contributed by atoms with van der Waals surface area (Å²) in [7, 11) is -2.29. The average Bonchev–Trinajstić information content (AvgIpc) is 3.05. The molecule has 0 saturated heterocycles. The van der Waals surface area contributed by atoms with Gasteiger partial charge in [-0.1, -0.05) is 6.07 Å². The van der Waals surface area contributed by atoms with Crippen LogP contribution in [-0.4, -0.2) is 34.1 Å². The van der Waals surface area contributed by atoms with Crippen molar-refractivity contribution in [2.45, 2.75) is 37.8 Å². The van der Waals surface area contributed by atoms with E-state index in [1.807, 2.05) is 26.0 Å². The van der Waals surface area contributed by atoms with Crippen LogP contribution in [0.3, 0.4) is 0 Å². The Bertz CT molecular complexity index is 988. The highest BCUT2D eigenvalue weighted by atomic mass is 32.2. The molecule has 2 aromatic carbocycles. The zero-order valence-electron chi connectivity index (χ0n) is 16.1. The number of hydrogen-bond donors (Lipinski definition) is 2. The van der Waals surface area contributed by atoms with Gasteiger partial charge in [0.1, 0.15) is 17.6 Å². The molecule has 1 aliphatic rings. The van der Waals surface area contributed by atoms with Crippen molar-refractivity contribution in [3.63, 3.8) is 0 Å². The highest BCUT2D eigenvalue weighted by Gasteiger charge is 2.22. The second-order valence-corrected chi connectivity index (χ2v) is 8.44. The molecule has 28 heavy (non-hydrogen) atoms. The van der Waals surface area contributed by atoms with E-state index in [1.54, 1.807) is 6.07 Å². The molecule has 0 aliphatic carbocycles. The number of carbonyl (C=O) groups excluding carboxylic acids is 1. The minimum absolute atomic E-state index is 0.0394. The molecule has 8 heteroatoms. The number of nitrogens with one attached hydrogen (secondary N) is 2. The van der Waals surface area contributed by atoms with Crippen molar-refractivity contribution in [3.8, 4) is 11.5 Å². The number of rotatable bonds is 7. The van der Waals surface area contributed by atoms with Gasteiger partial charge >= 0.3 is 0 Å². The van der Waals surface area contributed by atoms with Gasteiger partial charge in [-0.2, -0.15) is 0 Å². The summed E-state index contributed by atoms with van der Waals surface area (Å²) in [5.41, 5.74) is 2.17. The van der Waals surface area contributed by atoms with E-state index in [0.717, 1.165) is 23.3 Å². The normalized spacial score (nSPS) is 15.6. The summed E-state index contributed by atoms with van der Waals surface area (Å²) < 4.78 is 37.6. The third-order valence-corrected chi connectivity index (χ3v) is 5.91. The lowest BCUT2D eigenvalue weighted by molar-refractivity contribution is 0.0950. The molecule has 0 saturated carbocycles. The Morgan fingerprint density at radius 3 is 2.79 bits per heavy atom. The summed E-state index contributed by atoms with van der Waals surface area (Å²) in [6.07, 6.45) is 0.945. The lowest BCUT2D eigenvalue weighted by Gasteiger charge is -2.13. The largest absolute Gasteiger partial charge is 0.494 e. The van der Waals surface area contributed by atoms with Crippen LogP contribution in [0.2, 0.25) is 0 Å². The van der Waals surface area contributed by atoms with E-state index in [1.165, 1.54) is 25.2 Å². The van der Waals surface area contributed by atoms with Gasteiger partial charge < -0.3 is 14.8 Å². The number of fused-ring (bicyclic) bond motifs is 1. The molecule has 0 unspecified atom stereocenters. The monoisotopic (exact) mass is 404 g/mol. The van der Waals surface area contributed by atoms with E-state index in [4.69, 9.17) is 9.47 Å². The van der Waals surface area contributed by atoms with Crippen molar-refractivity contribution in [3.05, 3.63) is 53.1 Å².